The molecular formula is C12H16F3N5O2S. The average molecular weight is 351 g/mol. The summed E-state index contributed by atoms with van der Waals surface area (Å²) in [5, 5.41) is 6.58. The quantitative estimate of drug-likeness (QED) is 0.804. The largest absolute Gasteiger partial charge is 0.451 e. The van der Waals surface area contributed by atoms with E-state index in [1.54, 1.807) is 4.90 Å². The van der Waals surface area contributed by atoms with Crippen molar-refractivity contribution in [3.63, 3.8) is 0 Å². The van der Waals surface area contributed by atoms with Crippen LogP contribution in [0.3, 0.4) is 0 Å². The van der Waals surface area contributed by atoms with E-state index in [0.717, 1.165) is 16.3 Å². The van der Waals surface area contributed by atoms with Gasteiger partial charge in [0.2, 0.25) is 17.6 Å². The van der Waals surface area contributed by atoms with Crippen LogP contribution in [0.5, 0.6) is 0 Å². The predicted molar refractivity (Wildman–Crippen MR) is 75.2 cm³/mol. The minimum atomic E-state index is -4.58. The van der Waals surface area contributed by atoms with Gasteiger partial charge in [0.25, 0.3) is 0 Å². The maximum Gasteiger partial charge on any atom is 0.451 e. The first-order valence-electron chi connectivity index (χ1n) is 6.86. The van der Waals surface area contributed by atoms with Gasteiger partial charge in [-0.15, -0.1) is 10.2 Å². The lowest BCUT2D eigenvalue weighted by molar-refractivity contribution is -0.147. The summed E-state index contributed by atoms with van der Waals surface area (Å²) >= 11 is 0.899. The molecule has 1 aliphatic heterocycles. The van der Waals surface area contributed by atoms with Gasteiger partial charge in [0.15, 0.2) is 5.16 Å². The lowest BCUT2D eigenvalue weighted by atomic mass is 9.96. The van der Waals surface area contributed by atoms with E-state index in [9.17, 15) is 22.8 Å². The maximum absolute atomic E-state index is 12.6. The standard InChI is InChI=1S/C12H16F3N5O2S/c1-19-10(12(13,14)15)17-18-11(19)23-6-8(21)20-4-2-7(3-5-20)9(16)22/h7H,2-6H2,1H3,(H2,16,22). The Balaban J connectivity index is 1.88. The second-order valence-corrected chi connectivity index (χ2v) is 6.15. The molecule has 23 heavy (non-hydrogen) atoms. The minimum Gasteiger partial charge on any atom is -0.369 e. The fourth-order valence-electron chi connectivity index (χ4n) is 2.32. The predicted octanol–water partition coefficient (Wildman–Crippen LogP) is 0.650. The van der Waals surface area contributed by atoms with Crippen molar-refractivity contribution >= 4 is 23.6 Å². The monoisotopic (exact) mass is 351 g/mol. The number of carbonyl (C=O) groups excluding carboxylic acids is 2. The zero-order valence-corrected chi connectivity index (χ0v) is 13.2. The van der Waals surface area contributed by atoms with Crippen LogP contribution in [0, 0.1) is 5.92 Å². The van der Waals surface area contributed by atoms with E-state index in [-0.39, 0.29) is 28.6 Å². The molecule has 2 rings (SSSR count). The third-order valence-electron chi connectivity index (χ3n) is 3.66. The molecule has 2 amide bonds. The molecule has 11 heteroatoms. The fourth-order valence-corrected chi connectivity index (χ4v) is 3.13. The van der Waals surface area contributed by atoms with Crippen LogP contribution in [0.15, 0.2) is 5.16 Å². The van der Waals surface area contributed by atoms with Crippen LogP contribution >= 0.6 is 11.8 Å². The lowest BCUT2D eigenvalue weighted by Gasteiger charge is -2.30. The van der Waals surface area contributed by atoms with E-state index < -0.39 is 12.0 Å². The molecule has 0 aliphatic carbocycles. The van der Waals surface area contributed by atoms with Gasteiger partial charge >= 0.3 is 6.18 Å². The summed E-state index contributed by atoms with van der Waals surface area (Å²) in [6.45, 7) is 0.833. The molecule has 1 fully saturated rings. The van der Waals surface area contributed by atoms with E-state index in [4.69, 9.17) is 5.73 Å². The van der Waals surface area contributed by atoms with Crippen LogP contribution in [0.25, 0.3) is 0 Å². The van der Waals surface area contributed by atoms with Gasteiger partial charge in [0, 0.05) is 26.1 Å². The summed E-state index contributed by atoms with van der Waals surface area (Å²) in [4.78, 5) is 24.7. The smallest absolute Gasteiger partial charge is 0.369 e. The second kappa shape index (κ2) is 6.77. The average Bonchev–Trinajstić information content (AvgIpc) is 2.86. The fraction of sp³-hybridized carbons (Fsp3) is 0.667. The highest BCUT2D eigenvalue weighted by atomic mass is 32.2. The van der Waals surface area contributed by atoms with E-state index >= 15 is 0 Å². The Morgan fingerprint density at radius 3 is 2.39 bits per heavy atom. The van der Waals surface area contributed by atoms with Gasteiger partial charge in [-0.05, 0) is 12.8 Å². The number of halogens is 3. The second-order valence-electron chi connectivity index (χ2n) is 5.21. The number of rotatable bonds is 4. The summed E-state index contributed by atoms with van der Waals surface area (Å²) in [5.74, 6) is -1.94. The van der Waals surface area contributed by atoms with Crippen LogP contribution in [0.2, 0.25) is 0 Å². The van der Waals surface area contributed by atoms with Crippen molar-refractivity contribution in [1.29, 1.82) is 0 Å². The van der Waals surface area contributed by atoms with E-state index in [2.05, 4.69) is 10.2 Å². The summed E-state index contributed by atoms with van der Waals surface area (Å²) in [6, 6.07) is 0. The molecule has 2 heterocycles. The summed E-state index contributed by atoms with van der Waals surface area (Å²) in [5.41, 5.74) is 5.22. The van der Waals surface area contributed by atoms with Crippen molar-refractivity contribution in [2.24, 2.45) is 18.7 Å². The molecule has 128 valence electrons. The van der Waals surface area contributed by atoms with Crippen molar-refractivity contribution in [3.05, 3.63) is 5.82 Å². The number of piperidine rings is 1. The Hall–Kier alpha value is -1.78. The number of aromatic nitrogens is 3. The van der Waals surface area contributed by atoms with Gasteiger partial charge < -0.3 is 15.2 Å². The van der Waals surface area contributed by atoms with Crippen molar-refractivity contribution in [2.45, 2.75) is 24.2 Å². The zero-order valence-electron chi connectivity index (χ0n) is 12.3. The number of nitrogens with zero attached hydrogens (tertiary/aromatic N) is 4. The third kappa shape index (κ3) is 4.15. The molecule has 0 radical (unpaired) electrons. The Kier molecular flexibility index (Phi) is 5.17. The number of amides is 2. The number of hydrogen-bond donors (Lipinski definition) is 1. The summed E-state index contributed by atoms with van der Waals surface area (Å²) < 4.78 is 38.6. The first-order chi connectivity index (χ1) is 10.7. The van der Waals surface area contributed by atoms with Crippen LogP contribution < -0.4 is 5.73 Å². The first kappa shape index (κ1) is 17.6. The number of nitrogens with two attached hydrogens (primary N) is 1. The van der Waals surface area contributed by atoms with Crippen molar-refractivity contribution in [1.82, 2.24) is 19.7 Å². The molecule has 0 atom stereocenters. The van der Waals surface area contributed by atoms with Crippen LogP contribution in [-0.4, -0.2) is 50.3 Å². The summed E-state index contributed by atoms with van der Waals surface area (Å²) in [7, 11) is 1.20. The molecule has 2 N–H and O–H groups in total. The van der Waals surface area contributed by atoms with E-state index in [0.29, 0.717) is 25.9 Å². The highest BCUT2D eigenvalue weighted by Gasteiger charge is 2.37. The van der Waals surface area contributed by atoms with Crippen molar-refractivity contribution < 1.29 is 22.8 Å². The molecular weight excluding hydrogens is 335 g/mol. The molecule has 0 aromatic carbocycles. The van der Waals surface area contributed by atoms with Gasteiger partial charge in [-0.25, -0.2) is 0 Å². The Labute approximate surface area is 134 Å². The molecule has 1 saturated heterocycles. The molecule has 7 nitrogen and oxygen atoms in total. The number of carbonyl (C=O) groups is 2. The SMILES string of the molecule is Cn1c(SCC(=O)N2CCC(C(N)=O)CC2)nnc1C(F)(F)F. The molecule has 0 saturated carbocycles. The van der Waals surface area contributed by atoms with Crippen LogP contribution in [-0.2, 0) is 22.8 Å². The molecule has 1 aromatic rings. The van der Waals surface area contributed by atoms with Crippen LogP contribution in [0.4, 0.5) is 13.2 Å². The Morgan fingerprint density at radius 2 is 1.91 bits per heavy atom. The van der Waals surface area contributed by atoms with Crippen LogP contribution in [0.1, 0.15) is 18.7 Å². The van der Waals surface area contributed by atoms with E-state index in [1.807, 2.05) is 0 Å². The molecule has 1 aliphatic rings. The topological polar surface area (TPSA) is 94.1 Å². The highest BCUT2D eigenvalue weighted by molar-refractivity contribution is 7.99. The number of hydrogen-bond acceptors (Lipinski definition) is 5. The van der Waals surface area contributed by atoms with Gasteiger partial charge in [-0.3, -0.25) is 9.59 Å². The maximum atomic E-state index is 12.6. The number of primary amides is 1. The number of thioether (sulfide) groups is 1. The number of likely N-dealkylation sites (tertiary alicyclic amines) is 1. The third-order valence-corrected chi connectivity index (χ3v) is 4.67. The van der Waals surface area contributed by atoms with E-state index in [1.165, 1.54) is 7.05 Å². The van der Waals surface area contributed by atoms with Gasteiger partial charge in [0.1, 0.15) is 0 Å². The normalized spacial score (nSPS) is 16.6. The molecule has 1 aromatic heterocycles. The zero-order chi connectivity index (χ0) is 17.2. The van der Waals surface area contributed by atoms with Gasteiger partial charge in [-0.1, -0.05) is 11.8 Å². The van der Waals surface area contributed by atoms with Crippen molar-refractivity contribution in [3.8, 4) is 0 Å². The number of alkyl halides is 3. The first-order valence-corrected chi connectivity index (χ1v) is 7.85. The molecule has 0 spiro atoms. The van der Waals surface area contributed by atoms with Crippen molar-refractivity contribution in [2.75, 3.05) is 18.8 Å². The molecule has 0 bridgehead atoms. The van der Waals surface area contributed by atoms with Gasteiger partial charge in [0.05, 0.1) is 5.75 Å². The Bertz CT molecular complexity index is 596. The van der Waals surface area contributed by atoms with Gasteiger partial charge in [-0.2, -0.15) is 13.2 Å². The Morgan fingerprint density at radius 1 is 1.30 bits per heavy atom. The highest BCUT2D eigenvalue weighted by Crippen LogP contribution is 2.29. The summed E-state index contributed by atoms with van der Waals surface area (Å²) in [6.07, 6.45) is -3.57. The minimum absolute atomic E-state index is 0.0256. The molecule has 0 unspecified atom stereocenters. The lowest BCUT2D eigenvalue weighted by Crippen LogP contribution is -2.42.